The molecule has 1 amide bonds. The lowest BCUT2D eigenvalue weighted by molar-refractivity contribution is -0.386. The average molecular weight is 406 g/mol. The SMILES string of the molecule is Cc1ccc(SCCNC(=O)COC(=O)Cn2nc(C)c([N+](=O)[O-])c2C)cc1. The minimum Gasteiger partial charge on any atom is -0.454 e. The molecule has 1 aromatic carbocycles. The lowest BCUT2D eigenvalue weighted by Gasteiger charge is -2.07. The fourth-order valence-corrected chi connectivity index (χ4v) is 3.23. The van der Waals surface area contributed by atoms with Crippen molar-refractivity contribution < 1.29 is 19.2 Å². The van der Waals surface area contributed by atoms with Crippen LogP contribution in [0.5, 0.6) is 0 Å². The number of thioether (sulfide) groups is 1. The first kappa shape index (κ1) is 21.4. The van der Waals surface area contributed by atoms with E-state index < -0.39 is 23.4 Å². The molecule has 150 valence electrons. The van der Waals surface area contributed by atoms with Crippen LogP contribution in [0.2, 0.25) is 0 Å². The van der Waals surface area contributed by atoms with E-state index in [0.717, 1.165) is 4.90 Å². The molecule has 1 aromatic heterocycles. The van der Waals surface area contributed by atoms with Gasteiger partial charge in [-0.15, -0.1) is 11.8 Å². The molecule has 0 saturated carbocycles. The van der Waals surface area contributed by atoms with Crippen LogP contribution in [0.1, 0.15) is 17.0 Å². The van der Waals surface area contributed by atoms with Crippen LogP contribution in [0.15, 0.2) is 29.2 Å². The first-order valence-electron chi connectivity index (χ1n) is 8.58. The summed E-state index contributed by atoms with van der Waals surface area (Å²) in [6, 6.07) is 8.09. The third-order valence-electron chi connectivity index (χ3n) is 3.88. The minimum absolute atomic E-state index is 0.128. The maximum absolute atomic E-state index is 11.9. The maximum atomic E-state index is 11.9. The van der Waals surface area contributed by atoms with E-state index in [1.165, 1.54) is 24.1 Å². The number of carbonyl (C=O) groups excluding carboxylic acids is 2. The highest BCUT2D eigenvalue weighted by Gasteiger charge is 2.23. The highest BCUT2D eigenvalue weighted by atomic mass is 32.2. The molecule has 9 nitrogen and oxygen atoms in total. The zero-order chi connectivity index (χ0) is 20.7. The van der Waals surface area contributed by atoms with E-state index >= 15 is 0 Å². The van der Waals surface area contributed by atoms with Crippen molar-refractivity contribution in [2.24, 2.45) is 0 Å². The summed E-state index contributed by atoms with van der Waals surface area (Å²) >= 11 is 1.62. The number of nitrogens with zero attached hydrogens (tertiary/aromatic N) is 3. The van der Waals surface area contributed by atoms with Crippen LogP contribution in [0, 0.1) is 30.9 Å². The molecule has 0 aliphatic carbocycles. The van der Waals surface area contributed by atoms with E-state index in [9.17, 15) is 19.7 Å². The van der Waals surface area contributed by atoms with Gasteiger partial charge in [0.2, 0.25) is 0 Å². The van der Waals surface area contributed by atoms with Gasteiger partial charge in [0.25, 0.3) is 5.91 Å². The molecule has 0 spiro atoms. The Morgan fingerprint density at radius 3 is 2.54 bits per heavy atom. The van der Waals surface area contributed by atoms with E-state index in [1.54, 1.807) is 11.8 Å². The van der Waals surface area contributed by atoms with Gasteiger partial charge in [0, 0.05) is 17.2 Å². The standard InChI is InChI=1S/C18H22N4O5S/c1-12-4-6-15(7-5-12)28-9-8-19-16(23)11-27-17(24)10-21-14(3)18(22(25)26)13(2)20-21/h4-7H,8-11H2,1-3H3,(H,19,23). The second-order valence-electron chi connectivity index (χ2n) is 6.11. The van der Waals surface area contributed by atoms with Gasteiger partial charge in [0.15, 0.2) is 6.61 Å². The number of nitrogens with one attached hydrogen (secondary N) is 1. The molecule has 2 rings (SSSR count). The van der Waals surface area contributed by atoms with Gasteiger partial charge in [-0.3, -0.25) is 24.4 Å². The van der Waals surface area contributed by atoms with Crippen molar-refractivity contribution in [1.29, 1.82) is 0 Å². The molecule has 28 heavy (non-hydrogen) atoms. The third-order valence-corrected chi connectivity index (χ3v) is 4.90. The van der Waals surface area contributed by atoms with Crippen LogP contribution in [0.25, 0.3) is 0 Å². The Labute approximate surface area is 166 Å². The molecule has 0 aliphatic heterocycles. The average Bonchev–Trinajstić information content (AvgIpc) is 2.92. The van der Waals surface area contributed by atoms with E-state index in [2.05, 4.69) is 10.4 Å². The number of rotatable bonds is 9. The third kappa shape index (κ3) is 6.08. The summed E-state index contributed by atoms with van der Waals surface area (Å²) < 4.78 is 6.11. The van der Waals surface area contributed by atoms with Crippen molar-refractivity contribution in [2.45, 2.75) is 32.2 Å². The van der Waals surface area contributed by atoms with Gasteiger partial charge in [0.1, 0.15) is 17.9 Å². The summed E-state index contributed by atoms with van der Waals surface area (Å²) in [4.78, 5) is 35.2. The number of esters is 1. The van der Waals surface area contributed by atoms with Gasteiger partial charge in [-0.1, -0.05) is 17.7 Å². The van der Waals surface area contributed by atoms with Crippen molar-refractivity contribution in [3.8, 4) is 0 Å². The zero-order valence-electron chi connectivity index (χ0n) is 15.9. The fourth-order valence-electron chi connectivity index (χ4n) is 2.46. The summed E-state index contributed by atoms with van der Waals surface area (Å²) in [6.45, 7) is 4.76. The number of aromatic nitrogens is 2. The summed E-state index contributed by atoms with van der Waals surface area (Å²) in [7, 11) is 0. The topological polar surface area (TPSA) is 116 Å². The number of hydrogen-bond donors (Lipinski definition) is 1. The molecule has 1 heterocycles. The normalized spacial score (nSPS) is 10.5. The van der Waals surface area contributed by atoms with E-state index in [4.69, 9.17) is 4.74 Å². The van der Waals surface area contributed by atoms with Crippen LogP contribution in [-0.4, -0.2) is 45.5 Å². The van der Waals surface area contributed by atoms with Crippen molar-refractivity contribution in [3.63, 3.8) is 0 Å². The Kier molecular flexibility index (Phi) is 7.56. The maximum Gasteiger partial charge on any atom is 0.328 e. The summed E-state index contributed by atoms with van der Waals surface area (Å²) in [6.07, 6.45) is 0. The highest BCUT2D eigenvalue weighted by molar-refractivity contribution is 7.99. The van der Waals surface area contributed by atoms with Crippen LogP contribution >= 0.6 is 11.8 Å². The Morgan fingerprint density at radius 1 is 1.25 bits per heavy atom. The monoisotopic (exact) mass is 406 g/mol. The van der Waals surface area contributed by atoms with Crippen LogP contribution in [-0.2, 0) is 20.9 Å². The summed E-state index contributed by atoms with van der Waals surface area (Å²) in [5.74, 6) is -0.403. The number of ether oxygens (including phenoxy) is 1. The molecule has 1 N–H and O–H groups in total. The van der Waals surface area contributed by atoms with Crippen LogP contribution < -0.4 is 5.32 Å². The number of hydrogen-bond acceptors (Lipinski definition) is 7. The van der Waals surface area contributed by atoms with E-state index in [1.807, 2.05) is 31.2 Å². The van der Waals surface area contributed by atoms with E-state index in [0.29, 0.717) is 12.3 Å². The molecule has 0 saturated heterocycles. The molecule has 2 aromatic rings. The Morgan fingerprint density at radius 2 is 1.93 bits per heavy atom. The molecule has 10 heteroatoms. The lowest BCUT2D eigenvalue weighted by atomic mass is 10.2. The van der Waals surface area contributed by atoms with Gasteiger partial charge in [-0.25, -0.2) is 0 Å². The van der Waals surface area contributed by atoms with Gasteiger partial charge in [-0.2, -0.15) is 5.10 Å². The second-order valence-corrected chi connectivity index (χ2v) is 7.27. The summed E-state index contributed by atoms with van der Waals surface area (Å²) in [5.41, 5.74) is 1.54. The summed E-state index contributed by atoms with van der Waals surface area (Å²) in [5, 5.41) is 17.6. The molecule has 0 bridgehead atoms. The van der Waals surface area contributed by atoms with Crippen molar-refractivity contribution in [3.05, 3.63) is 51.3 Å². The molecule has 0 fully saturated rings. The molecule has 0 atom stereocenters. The van der Waals surface area contributed by atoms with Crippen molar-refractivity contribution in [2.75, 3.05) is 18.9 Å². The first-order valence-corrected chi connectivity index (χ1v) is 9.56. The molecule has 0 radical (unpaired) electrons. The Hall–Kier alpha value is -2.88. The van der Waals surface area contributed by atoms with Crippen LogP contribution in [0.3, 0.4) is 0 Å². The number of nitro groups is 1. The first-order chi connectivity index (χ1) is 13.3. The lowest BCUT2D eigenvalue weighted by Crippen LogP contribution is -2.31. The van der Waals surface area contributed by atoms with E-state index in [-0.39, 0.29) is 23.6 Å². The minimum atomic E-state index is -0.690. The van der Waals surface area contributed by atoms with Crippen molar-refractivity contribution in [1.82, 2.24) is 15.1 Å². The smallest absolute Gasteiger partial charge is 0.328 e. The van der Waals surface area contributed by atoms with Gasteiger partial charge in [0.05, 0.1) is 4.92 Å². The van der Waals surface area contributed by atoms with Gasteiger partial charge < -0.3 is 10.1 Å². The zero-order valence-corrected chi connectivity index (χ0v) is 16.7. The second kappa shape index (κ2) is 9.88. The van der Waals surface area contributed by atoms with Crippen LogP contribution in [0.4, 0.5) is 5.69 Å². The van der Waals surface area contributed by atoms with Gasteiger partial charge in [-0.05, 0) is 32.9 Å². The number of aryl methyl sites for hydroxylation is 2. The van der Waals surface area contributed by atoms with Gasteiger partial charge >= 0.3 is 11.7 Å². The largest absolute Gasteiger partial charge is 0.454 e. The quantitative estimate of drug-likeness (QED) is 0.223. The predicted octanol–water partition coefficient (Wildman–Crippen LogP) is 2.17. The number of carbonyl (C=O) groups is 2. The number of benzene rings is 1. The Bertz CT molecular complexity index is 864. The number of amides is 1. The molecule has 0 aliphatic rings. The molecule has 0 unspecified atom stereocenters. The molecular formula is C18H22N4O5S. The Balaban J connectivity index is 1.69. The molecular weight excluding hydrogens is 384 g/mol. The fraction of sp³-hybridized carbons (Fsp3) is 0.389. The van der Waals surface area contributed by atoms with Crippen molar-refractivity contribution >= 4 is 29.3 Å². The highest BCUT2D eigenvalue weighted by Crippen LogP contribution is 2.21. The predicted molar refractivity (Wildman–Crippen MR) is 104 cm³/mol.